The molecule has 0 aromatic heterocycles. The Morgan fingerprint density at radius 2 is 2.06 bits per heavy atom. The van der Waals surface area contributed by atoms with E-state index >= 15 is 0 Å². The number of hydrogen-bond donors (Lipinski definition) is 1. The number of hydrogen-bond acceptors (Lipinski definition) is 2. The van der Waals surface area contributed by atoms with Crippen molar-refractivity contribution in [3.63, 3.8) is 0 Å². The van der Waals surface area contributed by atoms with Crippen LogP contribution in [0.4, 0.5) is 4.39 Å². The average Bonchev–Trinajstić information content (AvgIpc) is 2.37. The molecule has 4 heteroatoms. The molecule has 1 saturated heterocycles. The highest BCUT2D eigenvalue weighted by Crippen LogP contribution is 2.24. The van der Waals surface area contributed by atoms with E-state index in [1.54, 1.807) is 12.1 Å². The largest absolute Gasteiger partial charge is 0.329 e. The molecule has 2 nitrogen and oxygen atoms in total. The van der Waals surface area contributed by atoms with E-state index in [2.05, 4.69) is 20.8 Å². The molecule has 0 aliphatic carbocycles. The van der Waals surface area contributed by atoms with Crippen molar-refractivity contribution in [1.29, 1.82) is 0 Å². The van der Waals surface area contributed by atoms with E-state index in [9.17, 15) is 4.39 Å². The molecule has 2 rings (SSSR count). The van der Waals surface area contributed by atoms with Gasteiger partial charge in [-0.15, -0.1) is 0 Å². The SMILES string of the molecule is NCCN1CCC(Cc2cc(Br)ccc2F)CC1. The number of rotatable bonds is 4. The van der Waals surface area contributed by atoms with Gasteiger partial charge in [-0.2, -0.15) is 0 Å². The molecule has 100 valence electrons. The van der Waals surface area contributed by atoms with E-state index in [4.69, 9.17) is 5.73 Å². The van der Waals surface area contributed by atoms with Crippen LogP contribution in [0.5, 0.6) is 0 Å². The Morgan fingerprint density at radius 1 is 1.33 bits per heavy atom. The molecular weight excluding hydrogens is 295 g/mol. The quantitative estimate of drug-likeness (QED) is 0.926. The minimum atomic E-state index is -0.0809. The zero-order valence-corrected chi connectivity index (χ0v) is 12.1. The molecule has 1 heterocycles. The van der Waals surface area contributed by atoms with Crippen molar-refractivity contribution in [2.24, 2.45) is 11.7 Å². The first-order valence-electron chi connectivity index (χ1n) is 6.55. The Hall–Kier alpha value is -0.450. The van der Waals surface area contributed by atoms with Gasteiger partial charge in [0, 0.05) is 17.6 Å². The average molecular weight is 315 g/mol. The summed E-state index contributed by atoms with van der Waals surface area (Å²) < 4.78 is 14.6. The Labute approximate surface area is 116 Å². The van der Waals surface area contributed by atoms with Gasteiger partial charge >= 0.3 is 0 Å². The van der Waals surface area contributed by atoms with Gasteiger partial charge in [0.25, 0.3) is 0 Å². The monoisotopic (exact) mass is 314 g/mol. The van der Waals surface area contributed by atoms with E-state index in [0.717, 1.165) is 55.5 Å². The number of nitrogens with zero attached hydrogens (tertiary/aromatic N) is 1. The first-order chi connectivity index (χ1) is 8.69. The molecule has 0 amide bonds. The fourth-order valence-electron chi connectivity index (χ4n) is 2.61. The summed E-state index contributed by atoms with van der Waals surface area (Å²) in [5.74, 6) is 0.519. The van der Waals surface area contributed by atoms with Crippen molar-refractivity contribution in [3.05, 3.63) is 34.1 Å². The molecule has 1 aromatic carbocycles. The minimum Gasteiger partial charge on any atom is -0.329 e. The molecule has 0 radical (unpaired) electrons. The van der Waals surface area contributed by atoms with Crippen LogP contribution in [-0.2, 0) is 6.42 Å². The molecule has 2 N–H and O–H groups in total. The van der Waals surface area contributed by atoms with Crippen LogP contribution < -0.4 is 5.73 Å². The zero-order valence-electron chi connectivity index (χ0n) is 10.5. The van der Waals surface area contributed by atoms with Crippen molar-refractivity contribution in [1.82, 2.24) is 4.90 Å². The van der Waals surface area contributed by atoms with Crippen LogP contribution in [0.15, 0.2) is 22.7 Å². The van der Waals surface area contributed by atoms with Gasteiger partial charge in [-0.05, 0) is 62.0 Å². The fraction of sp³-hybridized carbons (Fsp3) is 0.571. The van der Waals surface area contributed by atoms with E-state index in [-0.39, 0.29) is 5.82 Å². The molecule has 1 aliphatic rings. The van der Waals surface area contributed by atoms with Gasteiger partial charge in [0.15, 0.2) is 0 Å². The molecule has 1 fully saturated rings. The van der Waals surface area contributed by atoms with E-state index in [1.807, 2.05) is 6.07 Å². The molecule has 18 heavy (non-hydrogen) atoms. The lowest BCUT2D eigenvalue weighted by atomic mass is 9.90. The lowest BCUT2D eigenvalue weighted by molar-refractivity contribution is 0.188. The number of benzene rings is 1. The molecule has 0 atom stereocenters. The molecule has 1 aromatic rings. The third kappa shape index (κ3) is 3.77. The normalized spacial score (nSPS) is 18.2. The van der Waals surface area contributed by atoms with Crippen molar-refractivity contribution in [3.8, 4) is 0 Å². The Bertz CT molecular complexity index is 389. The molecular formula is C14H20BrFN2. The van der Waals surface area contributed by atoms with Crippen molar-refractivity contribution < 1.29 is 4.39 Å². The predicted octanol–water partition coefficient (Wildman–Crippen LogP) is 2.80. The lowest BCUT2D eigenvalue weighted by Crippen LogP contribution is -2.37. The highest BCUT2D eigenvalue weighted by molar-refractivity contribution is 9.10. The maximum absolute atomic E-state index is 13.7. The van der Waals surface area contributed by atoms with Crippen LogP contribution in [0.2, 0.25) is 0 Å². The van der Waals surface area contributed by atoms with Crippen LogP contribution in [-0.4, -0.2) is 31.1 Å². The summed E-state index contributed by atoms with van der Waals surface area (Å²) in [7, 11) is 0. The second-order valence-corrected chi connectivity index (χ2v) is 5.93. The van der Waals surface area contributed by atoms with Crippen LogP contribution in [0.1, 0.15) is 18.4 Å². The van der Waals surface area contributed by atoms with Gasteiger partial charge in [-0.1, -0.05) is 15.9 Å². The highest BCUT2D eigenvalue weighted by Gasteiger charge is 2.20. The van der Waals surface area contributed by atoms with Crippen LogP contribution in [0.25, 0.3) is 0 Å². The van der Waals surface area contributed by atoms with E-state index in [0.29, 0.717) is 5.92 Å². The third-order valence-corrected chi connectivity index (χ3v) is 4.16. The number of nitrogens with two attached hydrogens (primary N) is 1. The lowest BCUT2D eigenvalue weighted by Gasteiger charge is -2.31. The zero-order chi connectivity index (χ0) is 13.0. The molecule has 0 saturated carbocycles. The fourth-order valence-corrected chi connectivity index (χ4v) is 3.02. The van der Waals surface area contributed by atoms with Crippen molar-refractivity contribution in [2.75, 3.05) is 26.2 Å². The van der Waals surface area contributed by atoms with Gasteiger partial charge < -0.3 is 10.6 Å². The van der Waals surface area contributed by atoms with Crippen molar-refractivity contribution >= 4 is 15.9 Å². The van der Waals surface area contributed by atoms with Crippen LogP contribution in [0.3, 0.4) is 0 Å². The Kier molecular flexibility index (Phi) is 5.15. The molecule has 0 bridgehead atoms. The van der Waals surface area contributed by atoms with Crippen molar-refractivity contribution in [2.45, 2.75) is 19.3 Å². The standard InChI is InChI=1S/C14H20BrFN2/c15-13-1-2-14(16)12(10-13)9-11-3-6-18(7-4-11)8-5-17/h1-2,10-11H,3-9,17H2. The maximum atomic E-state index is 13.7. The third-order valence-electron chi connectivity index (χ3n) is 3.67. The molecule has 0 unspecified atom stereocenters. The highest BCUT2D eigenvalue weighted by atomic mass is 79.9. The van der Waals surface area contributed by atoms with Gasteiger partial charge in [-0.3, -0.25) is 0 Å². The minimum absolute atomic E-state index is 0.0809. The topological polar surface area (TPSA) is 29.3 Å². The predicted molar refractivity (Wildman–Crippen MR) is 76.0 cm³/mol. The Morgan fingerprint density at radius 3 is 2.72 bits per heavy atom. The van der Waals surface area contributed by atoms with Gasteiger partial charge in [0.2, 0.25) is 0 Å². The maximum Gasteiger partial charge on any atom is 0.126 e. The second-order valence-electron chi connectivity index (χ2n) is 5.01. The number of likely N-dealkylation sites (tertiary alicyclic amines) is 1. The van der Waals surface area contributed by atoms with Gasteiger partial charge in [0.05, 0.1) is 0 Å². The van der Waals surface area contributed by atoms with Crippen LogP contribution in [0, 0.1) is 11.7 Å². The first kappa shape index (κ1) is 14.0. The first-order valence-corrected chi connectivity index (χ1v) is 7.34. The molecule has 0 spiro atoms. The summed E-state index contributed by atoms with van der Waals surface area (Å²) in [6.45, 7) is 3.90. The number of piperidine rings is 1. The Balaban J connectivity index is 1.89. The summed E-state index contributed by atoms with van der Waals surface area (Å²) in [5, 5.41) is 0. The second kappa shape index (κ2) is 6.64. The molecule has 1 aliphatic heterocycles. The van der Waals surface area contributed by atoms with Gasteiger partial charge in [0.1, 0.15) is 5.82 Å². The summed E-state index contributed by atoms with van der Waals surface area (Å²) in [6, 6.07) is 5.20. The summed E-state index contributed by atoms with van der Waals surface area (Å²) >= 11 is 3.40. The summed E-state index contributed by atoms with van der Waals surface area (Å²) in [5.41, 5.74) is 6.39. The number of halogens is 2. The summed E-state index contributed by atoms with van der Waals surface area (Å²) in [4.78, 5) is 2.40. The van der Waals surface area contributed by atoms with E-state index < -0.39 is 0 Å². The van der Waals surface area contributed by atoms with Crippen LogP contribution >= 0.6 is 15.9 Å². The summed E-state index contributed by atoms with van der Waals surface area (Å²) in [6.07, 6.45) is 3.14. The van der Waals surface area contributed by atoms with E-state index in [1.165, 1.54) is 0 Å². The van der Waals surface area contributed by atoms with Gasteiger partial charge in [-0.25, -0.2) is 4.39 Å². The smallest absolute Gasteiger partial charge is 0.126 e.